The van der Waals surface area contributed by atoms with Crippen LogP contribution in [0.4, 0.5) is 5.69 Å². The number of sulfonamides is 1. The van der Waals surface area contributed by atoms with E-state index >= 15 is 0 Å². The number of anilines is 1. The molecule has 0 unspecified atom stereocenters. The summed E-state index contributed by atoms with van der Waals surface area (Å²) in [6, 6.07) is 4.01. The molecule has 1 fully saturated rings. The molecule has 0 amide bonds. The second-order valence-electron chi connectivity index (χ2n) is 4.32. The van der Waals surface area contributed by atoms with Crippen molar-refractivity contribution in [3.8, 4) is 0 Å². The highest BCUT2D eigenvalue weighted by molar-refractivity contribution is 7.89. The lowest BCUT2D eigenvalue weighted by Gasteiger charge is -2.25. The largest absolute Gasteiger partial charge is 0.465 e. The van der Waals surface area contributed by atoms with E-state index in [2.05, 4.69) is 4.74 Å². The summed E-state index contributed by atoms with van der Waals surface area (Å²) in [7, 11) is -2.75. The summed E-state index contributed by atoms with van der Waals surface area (Å²) < 4.78 is 30.5. The second kappa shape index (κ2) is 5.78. The molecule has 1 aromatic carbocycles. The van der Waals surface area contributed by atoms with Gasteiger partial charge in [-0.25, -0.2) is 13.2 Å². The standard InChI is InChI=1S/C12H16N2O5S/c1-18-12(15)10-5-4-9(13)8-11(10)20(16,17)14-6-2-3-7-19-14/h4-5,8H,2-3,6-7,13H2,1H3. The van der Waals surface area contributed by atoms with Gasteiger partial charge >= 0.3 is 5.97 Å². The van der Waals surface area contributed by atoms with Gasteiger partial charge in [0.15, 0.2) is 0 Å². The van der Waals surface area contributed by atoms with E-state index in [1.807, 2.05) is 0 Å². The highest BCUT2D eigenvalue weighted by atomic mass is 32.2. The molecule has 1 saturated heterocycles. The summed E-state index contributed by atoms with van der Waals surface area (Å²) in [6.45, 7) is 0.576. The Kier molecular flexibility index (Phi) is 4.26. The smallest absolute Gasteiger partial charge is 0.339 e. The van der Waals surface area contributed by atoms with Gasteiger partial charge in [-0.15, -0.1) is 0 Å². The first-order valence-corrected chi connectivity index (χ1v) is 7.54. The minimum Gasteiger partial charge on any atom is -0.465 e. The van der Waals surface area contributed by atoms with Crippen molar-refractivity contribution in [3.05, 3.63) is 23.8 Å². The third-order valence-corrected chi connectivity index (χ3v) is 4.65. The first kappa shape index (κ1) is 14.8. The van der Waals surface area contributed by atoms with Crippen LogP contribution in [0.15, 0.2) is 23.1 Å². The molecule has 0 atom stereocenters. The average Bonchev–Trinajstić information content (AvgIpc) is 2.47. The van der Waals surface area contributed by atoms with Gasteiger partial charge < -0.3 is 10.5 Å². The highest BCUT2D eigenvalue weighted by Gasteiger charge is 2.31. The van der Waals surface area contributed by atoms with Crippen molar-refractivity contribution in [1.82, 2.24) is 4.47 Å². The molecular formula is C12H16N2O5S. The Hall–Kier alpha value is -1.64. The molecule has 1 aromatic rings. The number of benzene rings is 1. The van der Waals surface area contributed by atoms with Crippen molar-refractivity contribution in [2.24, 2.45) is 0 Å². The SMILES string of the molecule is COC(=O)c1ccc(N)cc1S(=O)(=O)N1CCCCO1. The van der Waals surface area contributed by atoms with Crippen LogP contribution < -0.4 is 5.73 Å². The van der Waals surface area contributed by atoms with Gasteiger partial charge in [0.1, 0.15) is 4.90 Å². The number of hydrogen-bond acceptors (Lipinski definition) is 6. The monoisotopic (exact) mass is 300 g/mol. The van der Waals surface area contributed by atoms with Crippen molar-refractivity contribution in [2.75, 3.05) is 26.0 Å². The Labute approximate surface area is 117 Å². The van der Waals surface area contributed by atoms with Crippen LogP contribution in [0, 0.1) is 0 Å². The molecule has 0 aromatic heterocycles. The lowest BCUT2D eigenvalue weighted by molar-refractivity contribution is -0.108. The van der Waals surface area contributed by atoms with Crippen LogP contribution in [0.25, 0.3) is 0 Å². The maximum absolute atomic E-state index is 12.5. The summed E-state index contributed by atoms with van der Waals surface area (Å²) in [5.41, 5.74) is 5.80. The first-order valence-electron chi connectivity index (χ1n) is 6.10. The number of hydrogen-bond donors (Lipinski definition) is 1. The van der Waals surface area contributed by atoms with E-state index in [1.165, 1.54) is 25.3 Å². The van der Waals surface area contributed by atoms with Gasteiger partial charge in [-0.2, -0.15) is 0 Å². The fourth-order valence-corrected chi connectivity index (χ4v) is 3.42. The minimum absolute atomic E-state index is 0.0594. The van der Waals surface area contributed by atoms with Crippen LogP contribution in [0.1, 0.15) is 23.2 Å². The lowest BCUT2D eigenvalue weighted by Crippen LogP contribution is -2.36. The van der Waals surface area contributed by atoms with Crippen molar-refractivity contribution in [3.63, 3.8) is 0 Å². The average molecular weight is 300 g/mol. The van der Waals surface area contributed by atoms with E-state index in [1.54, 1.807) is 0 Å². The van der Waals surface area contributed by atoms with Gasteiger partial charge in [0, 0.05) is 12.2 Å². The molecule has 0 spiro atoms. The third-order valence-electron chi connectivity index (χ3n) is 2.93. The topological polar surface area (TPSA) is 98.9 Å². The van der Waals surface area contributed by atoms with Gasteiger partial charge in [-0.05, 0) is 31.0 Å². The lowest BCUT2D eigenvalue weighted by atomic mass is 10.2. The van der Waals surface area contributed by atoms with E-state index in [0.717, 1.165) is 10.9 Å². The van der Waals surface area contributed by atoms with E-state index in [9.17, 15) is 13.2 Å². The van der Waals surface area contributed by atoms with Gasteiger partial charge in [-0.1, -0.05) is 4.47 Å². The number of hydroxylamine groups is 1. The summed E-state index contributed by atoms with van der Waals surface area (Å²) >= 11 is 0. The zero-order chi connectivity index (χ0) is 14.8. The molecule has 0 bridgehead atoms. The van der Waals surface area contributed by atoms with E-state index in [-0.39, 0.29) is 22.7 Å². The van der Waals surface area contributed by atoms with E-state index in [0.29, 0.717) is 13.0 Å². The number of nitrogens with two attached hydrogens (primary N) is 1. The summed E-state index contributed by atoms with van der Waals surface area (Å²) in [6.07, 6.45) is 1.50. The molecule has 1 aliphatic heterocycles. The maximum Gasteiger partial charge on any atom is 0.339 e. The van der Waals surface area contributed by atoms with Crippen LogP contribution in [0.3, 0.4) is 0 Å². The number of nitrogens with zero attached hydrogens (tertiary/aromatic N) is 1. The number of carbonyl (C=O) groups excluding carboxylic acids is 1. The second-order valence-corrected chi connectivity index (χ2v) is 6.12. The Bertz CT molecular complexity index is 608. The van der Waals surface area contributed by atoms with Gasteiger partial charge in [0.05, 0.1) is 19.3 Å². The van der Waals surface area contributed by atoms with Crippen molar-refractivity contribution < 1.29 is 22.8 Å². The molecule has 110 valence electrons. The van der Waals surface area contributed by atoms with Gasteiger partial charge in [0.2, 0.25) is 0 Å². The molecule has 8 heteroatoms. The van der Waals surface area contributed by atoms with Crippen LogP contribution in [-0.4, -0.2) is 39.1 Å². The Balaban J connectivity index is 2.49. The van der Waals surface area contributed by atoms with Crippen LogP contribution in [-0.2, 0) is 19.6 Å². The van der Waals surface area contributed by atoms with Gasteiger partial charge in [0.25, 0.3) is 10.0 Å². The first-order chi connectivity index (χ1) is 9.46. The number of ether oxygens (including phenoxy) is 1. The van der Waals surface area contributed by atoms with Gasteiger partial charge in [-0.3, -0.25) is 4.84 Å². The number of methoxy groups -OCH3 is 1. The molecule has 2 N–H and O–H groups in total. The highest BCUT2D eigenvalue weighted by Crippen LogP contribution is 2.25. The molecule has 7 nitrogen and oxygen atoms in total. The molecule has 2 rings (SSSR count). The molecule has 1 heterocycles. The number of carbonyl (C=O) groups is 1. The Morgan fingerprint density at radius 3 is 2.75 bits per heavy atom. The Morgan fingerprint density at radius 1 is 1.40 bits per heavy atom. The number of esters is 1. The van der Waals surface area contributed by atoms with Crippen LogP contribution >= 0.6 is 0 Å². The molecule has 0 radical (unpaired) electrons. The zero-order valence-electron chi connectivity index (χ0n) is 11.0. The number of rotatable bonds is 3. The van der Waals surface area contributed by atoms with Crippen LogP contribution in [0.2, 0.25) is 0 Å². The van der Waals surface area contributed by atoms with Crippen molar-refractivity contribution in [1.29, 1.82) is 0 Å². The number of nitrogen functional groups attached to an aromatic ring is 1. The summed E-state index contributed by atoms with van der Waals surface area (Å²) in [4.78, 5) is 16.6. The molecular weight excluding hydrogens is 284 g/mol. The zero-order valence-corrected chi connectivity index (χ0v) is 11.9. The van der Waals surface area contributed by atoms with Crippen molar-refractivity contribution in [2.45, 2.75) is 17.7 Å². The fraction of sp³-hybridized carbons (Fsp3) is 0.417. The summed E-state index contributed by atoms with van der Waals surface area (Å²) in [5.74, 6) is -0.736. The van der Waals surface area contributed by atoms with E-state index < -0.39 is 16.0 Å². The van der Waals surface area contributed by atoms with E-state index in [4.69, 9.17) is 10.6 Å². The predicted octanol–water partition coefficient (Wildman–Crippen LogP) is 0.771. The van der Waals surface area contributed by atoms with Crippen LogP contribution in [0.5, 0.6) is 0 Å². The third kappa shape index (κ3) is 2.77. The minimum atomic E-state index is -3.94. The predicted molar refractivity (Wildman–Crippen MR) is 71.3 cm³/mol. The van der Waals surface area contributed by atoms with Crippen molar-refractivity contribution >= 4 is 21.7 Å². The normalized spacial score (nSPS) is 16.9. The molecule has 20 heavy (non-hydrogen) atoms. The molecule has 0 aliphatic carbocycles. The fourth-order valence-electron chi connectivity index (χ4n) is 1.90. The Morgan fingerprint density at radius 2 is 2.15 bits per heavy atom. The quantitative estimate of drug-likeness (QED) is 0.654. The molecule has 0 saturated carbocycles. The summed E-state index contributed by atoms with van der Waals surface area (Å²) in [5, 5.41) is 0. The molecule has 1 aliphatic rings. The maximum atomic E-state index is 12.5.